The zero-order chi connectivity index (χ0) is 15.8. The molecule has 1 unspecified atom stereocenters. The number of hydrogen-bond acceptors (Lipinski definition) is 0. The van der Waals surface area contributed by atoms with Crippen molar-refractivity contribution in [1.29, 1.82) is 0 Å². The molecule has 4 rings (SSSR count). The minimum Gasteiger partial charge on any atom is -0.0881 e. The Morgan fingerprint density at radius 3 is 2.32 bits per heavy atom. The zero-order valence-corrected chi connectivity index (χ0v) is 17.9. The van der Waals surface area contributed by atoms with Crippen LogP contribution < -0.4 is 0 Å². The summed E-state index contributed by atoms with van der Waals surface area (Å²) < 4.78 is 5.76. The van der Waals surface area contributed by atoms with Crippen molar-refractivity contribution in [3.63, 3.8) is 0 Å². The summed E-state index contributed by atoms with van der Waals surface area (Å²) in [5.74, 6) is 0. The summed E-state index contributed by atoms with van der Waals surface area (Å²) in [5.41, 5.74) is 5.80. The predicted octanol–water partition coefficient (Wildman–Crippen LogP) is 6.40. The van der Waals surface area contributed by atoms with Gasteiger partial charge in [-0.25, -0.2) is 0 Å². The first-order valence-electron chi connectivity index (χ1n) is 7.95. The van der Waals surface area contributed by atoms with Gasteiger partial charge < -0.3 is 0 Å². The van der Waals surface area contributed by atoms with Crippen LogP contribution in [-0.2, 0) is 10.8 Å². The van der Waals surface area contributed by atoms with Crippen molar-refractivity contribution >= 4 is 46.8 Å². The van der Waals surface area contributed by atoms with Crippen LogP contribution in [-0.4, -0.2) is 3.51 Å². The highest BCUT2D eigenvalue weighted by Crippen LogP contribution is 2.64. The van der Waals surface area contributed by atoms with Crippen LogP contribution in [0, 0.1) is 5.41 Å². The molecule has 0 radical (unpaired) electrons. The molecule has 0 aromatic heterocycles. The summed E-state index contributed by atoms with van der Waals surface area (Å²) in [6.45, 7) is 9.82. The van der Waals surface area contributed by atoms with Crippen molar-refractivity contribution in [3.05, 3.63) is 54.7 Å². The molecule has 1 aliphatic heterocycles. The molecule has 1 aromatic rings. The lowest BCUT2D eigenvalue weighted by molar-refractivity contribution is 0.342. The Labute approximate surface area is 157 Å². The molecule has 1 saturated carbocycles. The van der Waals surface area contributed by atoms with Crippen LogP contribution in [0.15, 0.2) is 43.6 Å². The van der Waals surface area contributed by atoms with Gasteiger partial charge in [0.25, 0.3) is 0 Å². The smallest absolute Gasteiger partial charge is 0.0230 e. The van der Waals surface area contributed by atoms with Crippen molar-refractivity contribution in [3.8, 4) is 0 Å². The Kier molecular flexibility index (Phi) is 3.38. The second-order valence-electron chi connectivity index (χ2n) is 8.22. The highest BCUT2D eigenvalue weighted by molar-refractivity contribution is 14.2. The predicted molar refractivity (Wildman–Crippen MR) is 113 cm³/mol. The van der Waals surface area contributed by atoms with Gasteiger partial charge in [0.2, 0.25) is 0 Å². The minimum absolute atomic E-state index is 0.0540. The lowest BCUT2D eigenvalue weighted by atomic mass is 9.73. The van der Waals surface area contributed by atoms with E-state index in [0.29, 0.717) is 5.41 Å². The maximum atomic E-state index is 2.52. The van der Waals surface area contributed by atoms with Gasteiger partial charge in [0.1, 0.15) is 0 Å². The second-order valence-corrected chi connectivity index (χ2v) is 11.8. The first-order chi connectivity index (χ1) is 10.3. The molecule has 22 heavy (non-hydrogen) atoms. The third-order valence-corrected chi connectivity index (χ3v) is 11.0. The molecule has 2 aliphatic carbocycles. The van der Waals surface area contributed by atoms with E-state index in [0.717, 1.165) is 0 Å². The Morgan fingerprint density at radius 1 is 0.955 bits per heavy atom. The fourth-order valence-electron chi connectivity index (χ4n) is 5.02. The van der Waals surface area contributed by atoms with E-state index in [1.807, 2.05) is 0 Å². The number of hydrogen-bond donors (Lipinski definition) is 0. The highest BCUT2D eigenvalue weighted by Gasteiger charge is 2.58. The molecular formula is C20H22I2. The molecule has 0 amide bonds. The molecule has 3 aliphatic rings. The molecule has 1 spiro atoms. The van der Waals surface area contributed by atoms with Crippen molar-refractivity contribution in [2.45, 2.75) is 51.4 Å². The molecule has 116 valence electrons. The molecule has 2 heteroatoms. The Hall–Kier alpha value is 0.0300. The molecule has 0 bridgehead atoms. The number of benzene rings is 1. The first kappa shape index (κ1) is 15.6. The van der Waals surface area contributed by atoms with E-state index in [1.54, 1.807) is 20.2 Å². The van der Waals surface area contributed by atoms with E-state index in [-0.39, 0.29) is 31.6 Å². The number of fused-ring (bicyclic) bond motifs is 4. The Bertz CT molecular complexity index is 762. The van der Waals surface area contributed by atoms with E-state index in [4.69, 9.17) is 0 Å². The van der Waals surface area contributed by atoms with Gasteiger partial charge >= 0.3 is 0 Å². The molecule has 1 atom stereocenters. The third-order valence-electron chi connectivity index (χ3n) is 5.56. The van der Waals surface area contributed by atoms with Gasteiger partial charge in [0.15, 0.2) is 0 Å². The second kappa shape index (κ2) is 4.78. The standard InChI is InChI=1S/C20H22I2/c1-18(2)11-20(15-8-6-5-7-14(15)18)12-19(3,4)17-16(20)9-13(21)10-22-17/h5-10H,11-12H2,1-4H3. The van der Waals surface area contributed by atoms with Gasteiger partial charge in [-0.15, -0.1) is 0 Å². The van der Waals surface area contributed by atoms with Crippen LogP contribution >= 0.6 is 43.3 Å². The van der Waals surface area contributed by atoms with E-state index in [9.17, 15) is 0 Å². The van der Waals surface area contributed by atoms with Crippen LogP contribution in [0.2, 0.25) is 0 Å². The lowest BCUT2D eigenvalue weighted by Crippen LogP contribution is -2.26. The van der Waals surface area contributed by atoms with Crippen LogP contribution in [0.5, 0.6) is 0 Å². The third kappa shape index (κ3) is 2.01. The molecule has 1 fully saturated rings. The lowest BCUT2D eigenvalue weighted by Gasteiger charge is -2.30. The van der Waals surface area contributed by atoms with Gasteiger partial charge in [-0.3, -0.25) is 0 Å². The van der Waals surface area contributed by atoms with Crippen molar-refractivity contribution in [2.75, 3.05) is 0 Å². The van der Waals surface area contributed by atoms with Gasteiger partial charge in [-0.1, -0.05) is 72.7 Å². The largest absolute Gasteiger partial charge is 0.0881 e. The first-order valence-corrected chi connectivity index (χ1v) is 11.4. The number of halogens is 2. The van der Waals surface area contributed by atoms with E-state index >= 15 is 0 Å². The molecule has 1 aromatic carbocycles. The van der Waals surface area contributed by atoms with Crippen LogP contribution in [0.3, 0.4) is 0 Å². The molecule has 0 nitrogen and oxygen atoms in total. The van der Waals surface area contributed by atoms with Crippen molar-refractivity contribution in [1.82, 2.24) is 0 Å². The zero-order valence-electron chi connectivity index (χ0n) is 13.6. The summed E-state index contributed by atoms with van der Waals surface area (Å²) in [6, 6.07) is 9.24. The summed E-state index contributed by atoms with van der Waals surface area (Å²) in [5, 5.41) is 0. The maximum absolute atomic E-state index is 2.52. The Morgan fingerprint density at radius 2 is 1.59 bits per heavy atom. The van der Waals surface area contributed by atoms with E-state index in [1.165, 1.54) is 16.4 Å². The van der Waals surface area contributed by atoms with Crippen molar-refractivity contribution in [2.24, 2.45) is 5.41 Å². The summed E-state index contributed by atoms with van der Waals surface area (Å²) >= 11 is 2.58. The molecular weight excluding hydrogens is 494 g/mol. The topological polar surface area (TPSA) is 0 Å². The summed E-state index contributed by atoms with van der Waals surface area (Å²) in [7, 11) is 0. The SMILES string of the molecule is CC1(C)CC2(CC(C)(C)c3ccccc32)C2=CC(I)=CI=C21. The minimum atomic E-state index is 0.0540. The summed E-state index contributed by atoms with van der Waals surface area (Å²) in [4.78, 5) is 0. The number of rotatable bonds is 0. The number of allylic oxidation sites excluding steroid dienone is 3. The quantitative estimate of drug-likeness (QED) is 0.351. The van der Waals surface area contributed by atoms with E-state index < -0.39 is 0 Å². The van der Waals surface area contributed by atoms with Crippen molar-refractivity contribution < 1.29 is 0 Å². The Balaban J connectivity index is 2.01. The molecule has 0 saturated heterocycles. The van der Waals surface area contributed by atoms with Crippen LogP contribution in [0.1, 0.15) is 51.7 Å². The normalized spacial score (nSPS) is 30.9. The maximum Gasteiger partial charge on any atom is 0.0230 e. The van der Waals surface area contributed by atoms with Gasteiger partial charge in [-0.05, 0) is 76.6 Å². The van der Waals surface area contributed by atoms with Gasteiger partial charge in [0.05, 0.1) is 0 Å². The fraction of sp³-hybridized carbons (Fsp3) is 0.450. The van der Waals surface area contributed by atoms with Crippen LogP contribution in [0.4, 0.5) is 0 Å². The van der Waals surface area contributed by atoms with E-state index in [2.05, 4.69) is 84.7 Å². The van der Waals surface area contributed by atoms with Crippen LogP contribution in [0.25, 0.3) is 0 Å². The average Bonchev–Trinajstić information content (AvgIpc) is 2.80. The van der Waals surface area contributed by atoms with Gasteiger partial charge in [-0.2, -0.15) is 0 Å². The molecule has 1 heterocycles. The van der Waals surface area contributed by atoms with Gasteiger partial charge in [0, 0.05) is 8.99 Å². The molecule has 0 N–H and O–H groups in total. The highest BCUT2D eigenvalue weighted by atomic mass is 127. The monoisotopic (exact) mass is 516 g/mol. The average molecular weight is 516 g/mol. The summed E-state index contributed by atoms with van der Waals surface area (Å²) in [6.07, 6.45) is 5.07. The fourth-order valence-corrected chi connectivity index (χ4v) is 8.95.